The van der Waals surface area contributed by atoms with Crippen LogP contribution in [0.4, 0.5) is 10.5 Å². The number of allylic oxidation sites excluding steroid dienone is 1. The molecule has 0 aliphatic carbocycles. The topological polar surface area (TPSA) is 105 Å². The first-order valence-corrected chi connectivity index (χ1v) is 11.3. The van der Waals surface area contributed by atoms with E-state index in [0.29, 0.717) is 29.8 Å². The van der Waals surface area contributed by atoms with E-state index in [1.54, 1.807) is 42.1 Å². The van der Waals surface area contributed by atoms with Crippen LogP contribution in [0.15, 0.2) is 59.5 Å². The molecule has 0 aliphatic rings. The van der Waals surface area contributed by atoms with Gasteiger partial charge in [0.05, 0.1) is 7.11 Å². The van der Waals surface area contributed by atoms with E-state index in [2.05, 4.69) is 5.32 Å². The summed E-state index contributed by atoms with van der Waals surface area (Å²) in [7, 11) is 1.46. The number of nitrogens with one attached hydrogen (secondary N) is 1. The molecule has 32 heavy (non-hydrogen) atoms. The molecule has 7 nitrogen and oxygen atoms in total. The molecule has 0 bridgehead atoms. The highest BCUT2D eigenvalue weighted by Crippen LogP contribution is 2.42. The van der Waals surface area contributed by atoms with Gasteiger partial charge in [0, 0.05) is 22.1 Å². The van der Waals surface area contributed by atoms with Crippen molar-refractivity contribution in [2.24, 2.45) is 5.41 Å². The first kappa shape index (κ1) is 25.1. The highest BCUT2D eigenvalue weighted by Gasteiger charge is 2.34. The maximum atomic E-state index is 12.7. The molecule has 0 aliphatic heterocycles. The number of anilines is 1. The first-order valence-electron chi connectivity index (χ1n) is 10.0. The fourth-order valence-corrected chi connectivity index (χ4v) is 3.66. The lowest BCUT2D eigenvalue weighted by molar-refractivity contribution is -0.131. The number of hydrogen-bond donors (Lipinski definition) is 3. The summed E-state index contributed by atoms with van der Waals surface area (Å²) in [5, 5.41) is 21.8. The Balaban J connectivity index is 2.24. The third-order valence-electron chi connectivity index (χ3n) is 4.99. The van der Waals surface area contributed by atoms with Gasteiger partial charge in [-0.05, 0) is 61.1 Å². The Morgan fingerprint density at radius 3 is 2.44 bits per heavy atom. The molecule has 2 rings (SSSR count). The molecule has 2 aromatic carbocycles. The third-order valence-corrected chi connectivity index (χ3v) is 5.74. The SMILES string of the molecule is COc1ccc([C@H](OC(=O)Nc2ccc(SC)cc2)C(C)(C)CC/C=C/C(=O)O)cc1O. The number of carbonyl (C=O) groups is 2. The predicted molar refractivity (Wildman–Crippen MR) is 126 cm³/mol. The summed E-state index contributed by atoms with van der Waals surface area (Å²) in [5.41, 5.74) is 0.638. The van der Waals surface area contributed by atoms with E-state index < -0.39 is 23.6 Å². The Kier molecular flexibility index (Phi) is 9.02. The second kappa shape index (κ2) is 11.5. The zero-order valence-electron chi connectivity index (χ0n) is 18.6. The van der Waals surface area contributed by atoms with E-state index in [1.807, 2.05) is 32.2 Å². The number of aromatic hydroxyl groups is 1. The number of phenols is 1. The van der Waals surface area contributed by atoms with Crippen molar-refractivity contribution in [3.05, 3.63) is 60.2 Å². The van der Waals surface area contributed by atoms with E-state index in [1.165, 1.54) is 13.2 Å². The fraction of sp³-hybridized carbons (Fsp3) is 0.333. The van der Waals surface area contributed by atoms with Crippen LogP contribution in [0.1, 0.15) is 38.4 Å². The minimum Gasteiger partial charge on any atom is -0.504 e. The Morgan fingerprint density at radius 2 is 1.88 bits per heavy atom. The van der Waals surface area contributed by atoms with Gasteiger partial charge in [0.2, 0.25) is 0 Å². The van der Waals surface area contributed by atoms with Crippen molar-refractivity contribution in [3.63, 3.8) is 0 Å². The maximum absolute atomic E-state index is 12.7. The van der Waals surface area contributed by atoms with Crippen LogP contribution >= 0.6 is 11.8 Å². The van der Waals surface area contributed by atoms with Crippen LogP contribution in [0.25, 0.3) is 0 Å². The van der Waals surface area contributed by atoms with Crippen molar-refractivity contribution in [1.82, 2.24) is 0 Å². The van der Waals surface area contributed by atoms with Gasteiger partial charge in [-0.3, -0.25) is 5.32 Å². The van der Waals surface area contributed by atoms with Crippen molar-refractivity contribution < 1.29 is 29.3 Å². The average Bonchev–Trinajstić information content (AvgIpc) is 2.75. The van der Waals surface area contributed by atoms with Crippen LogP contribution in [0, 0.1) is 5.41 Å². The summed E-state index contributed by atoms with van der Waals surface area (Å²) in [6, 6.07) is 12.3. The van der Waals surface area contributed by atoms with Crippen LogP contribution in [0.3, 0.4) is 0 Å². The lowest BCUT2D eigenvalue weighted by Crippen LogP contribution is -2.29. The standard InChI is InChI=1S/C24H29NO6S/c1-24(2,14-6-5-7-21(27)28)22(16-8-13-20(30-3)19(26)15-16)31-23(29)25-17-9-11-18(32-4)12-10-17/h5,7-13,15,22,26H,6,14H2,1-4H3,(H,25,29)(H,27,28)/b7-5+/t22-/m0/s1. The molecule has 0 saturated heterocycles. The highest BCUT2D eigenvalue weighted by molar-refractivity contribution is 7.98. The molecule has 0 radical (unpaired) electrons. The second-order valence-electron chi connectivity index (χ2n) is 7.84. The van der Waals surface area contributed by atoms with Crippen LogP contribution < -0.4 is 10.1 Å². The van der Waals surface area contributed by atoms with Gasteiger partial charge in [0.15, 0.2) is 11.5 Å². The Bertz CT molecular complexity index is 955. The molecule has 1 atom stereocenters. The van der Waals surface area contributed by atoms with Crippen LogP contribution in [-0.4, -0.2) is 35.6 Å². The normalized spacial score (nSPS) is 12.4. The van der Waals surface area contributed by atoms with Crippen molar-refractivity contribution in [2.75, 3.05) is 18.7 Å². The number of amides is 1. The molecular formula is C24H29NO6S. The first-order chi connectivity index (χ1) is 15.2. The summed E-state index contributed by atoms with van der Waals surface area (Å²) < 4.78 is 10.9. The fourth-order valence-electron chi connectivity index (χ4n) is 3.25. The van der Waals surface area contributed by atoms with Crippen LogP contribution in [0.2, 0.25) is 0 Å². The quantitative estimate of drug-likeness (QED) is 0.302. The van der Waals surface area contributed by atoms with Gasteiger partial charge < -0.3 is 19.7 Å². The largest absolute Gasteiger partial charge is 0.504 e. The number of hydrogen-bond acceptors (Lipinski definition) is 6. The molecule has 3 N–H and O–H groups in total. The van der Waals surface area contributed by atoms with Gasteiger partial charge in [0.25, 0.3) is 0 Å². The number of carbonyl (C=O) groups excluding carboxylic acids is 1. The molecule has 0 fully saturated rings. The minimum atomic E-state index is -1.01. The van der Waals surface area contributed by atoms with Gasteiger partial charge in [-0.2, -0.15) is 0 Å². The lowest BCUT2D eigenvalue weighted by Gasteiger charge is -2.34. The van der Waals surface area contributed by atoms with Crippen molar-refractivity contribution in [3.8, 4) is 11.5 Å². The summed E-state index contributed by atoms with van der Waals surface area (Å²) in [4.78, 5) is 24.5. The predicted octanol–water partition coefficient (Wildman–Crippen LogP) is 5.86. The number of benzene rings is 2. The van der Waals surface area contributed by atoms with E-state index in [9.17, 15) is 14.7 Å². The van der Waals surface area contributed by atoms with Gasteiger partial charge in [-0.15, -0.1) is 11.8 Å². The summed E-state index contributed by atoms with van der Waals surface area (Å²) in [5.74, 6) is -0.760. The summed E-state index contributed by atoms with van der Waals surface area (Å²) in [6.07, 6.45) is 4.33. The number of rotatable bonds is 10. The molecule has 0 spiro atoms. The van der Waals surface area contributed by atoms with Gasteiger partial charge in [-0.1, -0.05) is 26.0 Å². The number of ether oxygens (including phenoxy) is 2. The van der Waals surface area contributed by atoms with Crippen molar-refractivity contribution >= 4 is 29.5 Å². The maximum Gasteiger partial charge on any atom is 0.412 e. The number of phenolic OH excluding ortho intramolecular Hbond substituents is 1. The monoisotopic (exact) mass is 459 g/mol. The molecule has 0 unspecified atom stereocenters. The Hall–Kier alpha value is -3.13. The van der Waals surface area contributed by atoms with Crippen molar-refractivity contribution in [1.29, 1.82) is 0 Å². The van der Waals surface area contributed by atoms with Crippen LogP contribution in [-0.2, 0) is 9.53 Å². The summed E-state index contributed by atoms with van der Waals surface area (Å²) in [6.45, 7) is 3.85. The number of carboxylic acid groups (broad SMARTS) is 1. The average molecular weight is 460 g/mol. The zero-order valence-corrected chi connectivity index (χ0v) is 19.4. The van der Waals surface area contributed by atoms with Gasteiger partial charge in [-0.25, -0.2) is 9.59 Å². The molecular weight excluding hydrogens is 430 g/mol. The molecule has 0 saturated carbocycles. The number of thioether (sulfide) groups is 1. The van der Waals surface area contributed by atoms with Crippen molar-refractivity contribution in [2.45, 2.75) is 37.7 Å². The second-order valence-corrected chi connectivity index (χ2v) is 8.72. The smallest absolute Gasteiger partial charge is 0.412 e. The Labute approximate surface area is 192 Å². The third kappa shape index (κ3) is 7.23. The summed E-state index contributed by atoms with van der Waals surface area (Å²) >= 11 is 1.60. The minimum absolute atomic E-state index is 0.0618. The number of carboxylic acids is 1. The van der Waals surface area contributed by atoms with E-state index in [-0.39, 0.29) is 5.75 Å². The van der Waals surface area contributed by atoms with Gasteiger partial charge in [0.1, 0.15) is 6.10 Å². The number of methoxy groups -OCH3 is 1. The molecule has 0 heterocycles. The number of aliphatic carboxylic acids is 1. The van der Waals surface area contributed by atoms with E-state index in [0.717, 1.165) is 11.0 Å². The molecule has 1 amide bonds. The lowest BCUT2D eigenvalue weighted by atomic mass is 9.78. The highest BCUT2D eigenvalue weighted by atomic mass is 32.2. The molecule has 0 aromatic heterocycles. The molecule has 172 valence electrons. The van der Waals surface area contributed by atoms with E-state index in [4.69, 9.17) is 14.6 Å². The molecule has 8 heteroatoms. The van der Waals surface area contributed by atoms with Gasteiger partial charge >= 0.3 is 12.1 Å². The molecule has 2 aromatic rings. The zero-order chi connectivity index (χ0) is 23.7. The Morgan fingerprint density at radius 1 is 1.19 bits per heavy atom. The van der Waals surface area contributed by atoms with Crippen LogP contribution in [0.5, 0.6) is 11.5 Å². The van der Waals surface area contributed by atoms with E-state index >= 15 is 0 Å².